The van der Waals surface area contributed by atoms with Crippen molar-refractivity contribution < 1.29 is 28.9 Å². The molecule has 0 spiro atoms. The maximum absolute atomic E-state index is 10.8. The highest BCUT2D eigenvalue weighted by Crippen LogP contribution is 2.26. The first-order chi connectivity index (χ1) is 17.0. The smallest absolute Gasteiger partial charge is 0.303 e. The van der Waals surface area contributed by atoms with Gasteiger partial charge in [-0.2, -0.15) is 5.26 Å². The summed E-state index contributed by atoms with van der Waals surface area (Å²) >= 11 is 0. The van der Waals surface area contributed by atoms with Crippen LogP contribution in [-0.2, 0) is 22.7 Å². The number of hydrogen-bond acceptors (Lipinski definition) is 7. The normalized spacial score (nSPS) is 10.8. The van der Waals surface area contributed by atoms with Crippen LogP contribution in [0.5, 0.6) is 17.2 Å². The number of carboxylic acids is 1. The topological polar surface area (TPSA) is 110 Å². The highest BCUT2D eigenvalue weighted by molar-refractivity contribution is 6.01. The molecule has 0 aromatic heterocycles. The third-order valence-electron chi connectivity index (χ3n) is 5.12. The fourth-order valence-corrected chi connectivity index (χ4v) is 3.27. The first-order valence-corrected chi connectivity index (χ1v) is 10.9. The Hall–Kier alpha value is -4.51. The van der Waals surface area contributed by atoms with Crippen LogP contribution in [0.25, 0.3) is 0 Å². The summed E-state index contributed by atoms with van der Waals surface area (Å²) in [6.45, 7) is 0.545. The molecule has 8 heteroatoms. The predicted molar refractivity (Wildman–Crippen MR) is 130 cm³/mol. The van der Waals surface area contributed by atoms with E-state index in [1.165, 1.54) is 7.11 Å². The average molecular weight is 475 g/mol. The number of ether oxygens (including phenoxy) is 3. The zero-order valence-corrected chi connectivity index (χ0v) is 19.6. The van der Waals surface area contributed by atoms with Crippen LogP contribution in [0.1, 0.15) is 28.7 Å². The molecule has 35 heavy (non-hydrogen) atoms. The Labute approximate surface area is 203 Å². The second-order valence-electron chi connectivity index (χ2n) is 7.50. The number of benzene rings is 3. The molecule has 0 saturated carbocycles. The lowest BCUT2D eigenvalue weighted by Crippen LogP contribution is -2.13. The van der Waals surface area contributed by atoms with Crippen LogP contribution in [0.2, 0.25) is 0 Å². The van der Waals surface area contributed by atoms with Gasteiger partial charge in [0.1, 0.15) is 43.3 Å². The minimum atomic E-state index is -0.851. The lowest BCUT2D eigenvalue weighted by atomic mass is 10.1. The zero-order valence-electron chi connectivity index (χ0n) is 19.6. The van der Waals surface area contributed by atoms with Gasteiger partial charge in [-0.1, -0.05) is 35.5 Å². The minimum Gasteiger partial charge on any atom is -0.496 e. The Bertz CT molecular complexity index is 1200. The molecule has 0 amide bonds. The van der Waals surface area contributed by atoms with Crippen molar-refractivity contribution in [3.05, 3.63) is 89.0 Å². The van der Waals surface area contributed by atoms with Crippen LogP contribution in [0.3, 0.4) is 0 Å². The van der Waals surface area contributed by atoms with E-state index in [1.54, 1.807) is 43.5 Å². The van der Waals surface area contributed by atoms with E-state index in [1.807, 2.05) is 30.3 Å². The van der Waals surface area contributed by atoms with E-state index in [4.69, 9.17) is 29.4 Å². The summed E-state index contributed by atoms with van der Waals surface area (Å²) < 4.78 is 17.1. The molecule has 0 aliphatic carbocycles. The highest BCUT2D eigenvalue weighted by atomic mass is 16.6. The Morgan fingerprint density at radius 3 is 2.31 bits per heavy atom. The van der Waals surface area contributed by atoms with Crippen molar-refractivity contribution in [1.82, 2.24) is 0 Å². The molecule has 180 valence electrons. The number of rotatable bonds is 12. The molecular formula is C27H26N2O6. The number of aryl methyl sites for hydroxylation is 1. The molecule has 0 bridgehead atoms. The van der Waals surface area contributed by atoms with Crippen molar-refractivity contribution in [2.75, 3.05) is 20.8 Å². The summed E-state index contributed by atoms with van der Waals surface area (Å²) in [5.74, 6) is 1.04. The Morgan fingerprint density at radius 1 is 0.971 bits per heavy atom. The van der Waals surface area contributed by atoms with Gasteiger partial charge >= 0.3 is 5.97 Å². The number of carboxylic acid groups (broad SMARTS) is 1. The van der Waals surface area contributed by atoms with E-state index in [-0.39, 0.29) is 13.0 Å². The summed E-state index contributed by atoms with van der Waals surface area (Å²) in [6.07, 6.45) is 0.430. The SMILES string of the molecule is CO/N=C(/COc1ccc(COc2ccc(CCC(=O)O)c(OC)c2)cc1)c1ccc(C#N)cc1. The standard InChI is InChI=1S/C27H26N2O6/c1-32-26-15-24(13-9-22(26)10-14-27(30)31)34-17-20-5-11-23(12-6-20)35-18-25(29-33-2)21-7-3-19(16-28)4-8-21/h3-9,11-13,15H,10,14,17-18H2,1-2H3,(H,30,31)/b29-25-. The van der Waals surface area contributed by atoms with Crippen LogP contribution in [0, 0.1) is 11.3 Å². The first-order valence-electron chi connectivity index (χ1n) is 10.9. The van der Waals surface area contributed by atoms with Crippen molar-refractivity contribution in [3.8, 4) is 23.3 Å². The quantitative estimate of drug-likeness (QED) is 0.302. The van der Waals surface area contributed by atoms with Crippen molar-refractivity contribution in [2.24, 2.45) is 5.16 Å². The number of nitrogens with zero attached hydrogens (tertiary/aromatic N) is 2. The number of methoxy groups -OCH3 is 1. The predicted octanol–water partition coefficient (Wildman–Crippen LogP) is 4.59. The fraction of sp³-hybridized carbons (Fsp3) is 0.222. The lowest BCUT2D eigenvalue weighted by Gasteiger charge is -2.12. The molecule has 1 N–H and O–H groups in total. The number of carbonyl (C=O) groups is 1. The largest absolute Gasteiger partial charge is 0.496 e. The minimum absolute atomic E-state index is 0.0390. The number of oxime groups is 1. The van der Waals surface area contributed by atoms with Crippen LogP contribution in [0.15, 0.2) is 71.9 Å². The average Bonchev–Trinajstić information content (AvgIpc) is 2.89. The maximum atomic E-state index is 10.8. The zero-order chi connectivity index (χ0) is 25.0. The molecule has 0 radical (unpaired) electrons. The second kappa shape index (κ2) is 12.7. The molecule has 0 fully saturated rings. The van der Waals surface area contributed by atoms with Gasteiger partial charge in [-0.3, -0.25) is 4.79 Å². The summed E-state index contributed by atoms with van der Waals surface area (Å²) in [5.41, 5.74) is 3.74. The van der Waals surface area contributed by atoms with Crippen molar-refractivity contribution in [1.29, 1.82) is 5.26 Å². The van der Waals surface area contributed by atoms with E-state index >= 15 is 0 Å². The van der Waals surface area contributed by atoms with Crippen LogP contribution < -0.4 is 14.2 Å². The summed E-state index contributed by atoms with van der Waals surface area (Å²) in [7, 11) is 3.02. The summed E-state index contributed by atoms with van der Waals surface area (Å²) in [4.78, 5) is 15.8. The van der Waals surface area contributed by atoms with E-state index in [2.05, 4.69) is 11.2 Å². The van der Waals surface area contributed by atoms with Gasteiger partial charge < -0.3 is 24.2 Å². The Balaban J connectivity index is 1.56. The van der Waals surface area contributed by atoms with Gasteiger partial charge in [-0.25, -0.2) is 0 Å². The summed E-state index contributed by atoms with van der Waals surface area (Å²) in [5, 5.41) is 21.9. The molecule has 0 heterocycles. The molecule has 8 nitrogen and oxygen atoms in total. The third kappa shape index (κ3) is 7.51. The van der Waals surface area contributed by atoms with Gasteiger partial charge in [-0.15, -0.1) is 0 Å². The Morgan fingerprint density at radius 2 is 1.69 bits per heavy atom. The van der Waals surface area contributed by atoms with Gasteiger partial charge in [0.05, 0.1) is 18.7 Å². The fourth-order valence-electron chi connectivity index (χ4n) is 3.27. The maximum Gasteiger partial charge on any atom is 0.303 e. The number of hydrogen-bond donors (Lipinski definition) is 1. The van der Waals surface area contributed by atoms with Crippen LogP contribution in [0.4, 0.5) is 0 Å². The van der Waals surface area contributed by atoms with Gasteiger partial charge in [-0.05, 0) is 47.9 Å². The highest BCUT2D eigenvalue weighted by Gasteiger charge is 2.09. The number of nitriles is 1. The molecule has 3 rings (SSSR count). The third-order valence-corrected chi connectivity index (χ3v) is 5.12. The first kappa shape index (κ1) is 25.1. The van der Waals surface area contributed by atoms with Crippen LogP contribution in [-0.4, -0.2) is 37.6 Å². The van der Waals surface area contributed by atoms with E-state index in [0.717, 1.165) is 16.7 Å². The van der Waals surface area contributed by atoms with E-state index in [0.29, 0.717) is 41.6 Å². The molecule has 0 atom stereocenters. The van der Waals surface area contributed by atoms with Gasteiger partial charge in [0.25, 0.3) is 0 Å². The second-order valence-corrected chi connectivity index (χ2v) is 7.50. The molecular weight excluding hydrogens is 448 g/mol. The van der Waals surface area contributed by atoms with Crippen molar-refractivity contribution in [3.63, 3.8) is 0 Å². The molecule has 3 aromatic rings. The lowest BCUT2D eigenvalue weighted by molar-refractivity contribution is -0.136. The van der Waals surface area contributed by atoms with Gasteiger partial charge in [0.2, 0.25) is 0 Å². The Kier molecular flexibility index (Phi) is 9.08. The summed E-state index contributed by atoms with van der Waals surface area (Å²) in [6, 6.07) is 22.0. The molecule has 0 saturated heterocycles. The molecule has 0 aliphatic rings. The van der Waals surface area contributed by atoms with Gasteiger partial charge in [0, 0.05) is 18.1 Å². The van der Waals surface area contributed by atoms with E-state index in [9.17, 15) is 4.79 Å². The monoisotopic (exact) mass is 474 g/mol. The van der Waals surface area contributed by atoms with Crippen molar-refractivity contribution >= 4 is 11.7 Å². The molecule has 0 aliphatic heterocycles. The number of aliphatic carboxylic acids is 1. The van der Waals surface area contributed by atoms with Gasteiger partial charge in [0.15, 0.2) is 0 Å². The van der Waals surface area contributed by atoms with E-state index < -0.39 is 5.97 Å². The van der Waals surface area contributed by atoms with Crippen molar-refractivity contribution in [2.45, 2.75) is 19.4 Å². The van der Waals surface area contributed by atoms with Crippen LogP contribution >= 0.6 is 0 Å². The molecule has 0 unspecified atom stereocenters. The molecule has 3 aromatic carbocycles.